The number of guanidine groups is 1. The van der Waals surface area contributed by atoms with Crippen LogP contribution >= 0.6 is 24.0 Å². The van der Waals surface area contributed by atoms with Crippen LogP contribution in [0.25, 0.3) is 0 Å². The monoisotopic (exact) mass is 493 g/mol. The average molecular weight is 493 g/mol. The maximum atomic E-state index is 12.3. The number of fused-ring (bicyclic) bond motifs is 1. The lowest BCUT2D eigenvalue weighted by Crippen LogP contribution is -2.57. The van der Waals surface area contributed by atoms with E-state index in [1.54, 1.807) is 0 Å². The highest BCUT2D eigenvalue weighted by atomic mass is 127. The van der Waals surface area contributed by atoms with E-state index in [1.165, 1.54) is 38.8 Å². The molecule has 0 spiro atoms. The normalized spacial score (nSPS) is 23.8. The molecule has 1 unspecified atom stereocenters. The summed E-state index contributed by atoms with van der Waals surface area (Å²) in [4.78, 5) is 23.7. The summed E-state index contributed by atoms with van der Waals surface area (Å²) in [5, 5.41) is 3.53. The summed E-state index contributed by atoms with van der Waals surface area (Å²) < 4.78 is 5.50. The SMILES string of the molecule is CC(C)(C)OC(=O)N1CCN2C(NCCN3CCCCCC3)=NCC2C1.I. The lowest BCUT2D eigenvalue weighted by Gasteiger charge is -2.39. The van der Waals surface area contributed by atoms with Crippen molar-refractivity contribution in [1.82, 2.24) is 20.0 Å². The van der Waals surface area contributed by atoms with E-state index in [2.05, 4.69) is 20.1 Å². The maximum absolute atomic E-state index is 12.3. The van der Waals surface area contributed by atoms with Gasteiger partial charge in [-0.25, -0.2) is 4.79 Å². The topological polar surface area (TPSA) is 60.4 Å². The fourth-order valence-electron chi connectivity index (χ4n) is 3.91. The molecule has 0 radical (unpaired) electrons. The van der Waals surface area contributed by atoms with Crippen molar-refractivity contribution in [2.45, 2.75) is 58.1 Å². The number of ether oxygens (including phenoxy) is 1. The molecule has 27 heavy (non-hydrogen) atoms. The molecule has 2 fully saturated rings. The molecule has 0 aromatic heterocycles. The fraction of sp³-hybridized carbons (Fsp3) is 0.895. The number of hydrogen-bond donors (Lipinski definition) is 1. The Kier molecular flexibility index (Phi) is 8.45. The van der Waals surface area contributed by atoms with E-state index in [-0.39, 0.29) is 36.1 Å². The summed E-state index contributed by atoms with van der Waals surface area (Å²) in [7, 11) is 0. The van der Waals surface area contributed by atoms with Gasteiger partial charge in [-0.1, -0.05) is 12.8 Å². The average Bonchev–Trinajstić information content (AvgIpc) is 2.79. The minimum absolute atomic E-state index is 0. The van der Waals surface area contributed by atoms with Gasteiger partial charge in [0.1, 0.15) is 5.60 Å². The summed E-state index contributed by atoms with van der Waals surface area (Å²) in [5.74, 6) is 1.01. The number of halogens is 1. The van der Waals surface area contributed by atoms with Gasteiger partial charge in [0.15, 0.2) is 5.96 Å². The van der Waals surface area contributed by atoms with Crippen LogP contribution < -0.4 is 5.32 Å². The van der Waals surface area contributed by atoms with E-state index >= 15 is 0 Å². The van der Waals surface area contributed by atoms with Crippen LogP contribution in [0.4, 0.5) is 4.79 Å². The second-order valence-electron chi connectivity index (χ2n) is 8.62. The number of rotatable bonds is 3. The van der Waals surface area contributed by atoms with Gasteiger partial charge >= 0.3 is 6.09 Å². The number of carbonyl (C=O) groups excluding carboxylic acids is 1. The third-order valence-corrected chi connectivity index (χ3v) is 5.27. The van der Waals surface area contributed by atoms with Crippen molar-refractivity contribution in [3.05, 3.63) is 0 Å². The minimum atomic E-state index is -0.444. The van der Waals surface area contributed by atoms with Crippen molar-refractivity contribution < 1.29 is 9.53 Å². The Balaban J connectivity index is 0.00000261. The van der Waals surface area contributed by atoms with Crippen LogP contribution in [-0.4, -0.2) is 90.8 Å². The van der Waals surface area contributed by atoms with Gasteiger partial charge in [-0.2, -0.15) is 0 Å². The Morgan fingerprint density at radius 3 is 2.52 bits per heavy atom. The molecule has 3 aliphatic heterocycles. The molecule has 0 aromatic rings. The molecule has 1 N–H and O–H groups in total. The summed E-state index contributed by atoms with van der Waals surface area (Å²) in [6, 6.07) is 0.275. The first-order valence-corrected chi connectivity index (χ1v) is 10.2. The molecule has 0 aliphatic carbocycles. The number of hydrogen-bond acceptors (Lipinski definition) is 6. The Morgan fingerprint density at radius 2 is 1.85 bits per heavy atom. The van der Waals surface area contributed by atoms with E-state index in [9.17, 15) is 4.79 Å². The summed E-state index contributed by atoms with van der Waals surface area (Å²) in [5.41, 5.74) is -0.444. The zero-order chi connectivity index (χ0) is 18.6. The predicted octanol–water partition coefficient (Wildman–Crippen LogP) is 2.36. The number of nitrogens with one attached hydrogen (secondary N) is 1. The summed E-state index contributed by atoms with van der Waals surface area (Å²) >= 11 is 0. The third kappa shape index (κ3) is 6.66. The molecular weight excluding hydrogens is 457 g/mol. The molecular formula is C19H36IN5O2. The van der Waals surface area contributed by atoms with Gasteiger partial charge in [0.25, 0.3) is 0 Å². The van der Waals surface area contributed by atoms with E-state index in [4.69, 9.17) is 4.74 Å². The minimum Gasteiger partial charge on any atom is -0.444 e. The van der Waals surface area contributed by atoms with Crippen molar-refractivity contribution in [3.8, 4) is 0 Å². The van der Waals surface area contributed by atoms with Crippen molar-refractivity contribution in [2.24, 2.45) is 4.99 Å². The van der Waals surface area contributed by atoms with E-state index in [1.807, 2.05) is 25.7 Å². The van der Waals surface area contributed by atoms with E-state index in [0.29, 0.717) is 13.1 Å². The first-order valence-electron chi connectivity index (χ1n) is 10.2. The number of piperazine rings is 1. The van der Waals surface area contributed by atoms with Gasteiger partial charge < -0.3 is 24.8 Å². The highest BCUT2D eigenvalue weighted by Crippen LogP contribution is 2.18. The smallest absolute Gasteiger partial charge is 0.410 e. The van der Waals surface area contributed by atoms with Gasteiger partial charge in [-0.15, -0.1) is 24.0 Å². The first-order chi connectivity index (χ1) is 12.4. The molecule has 0 aromatic carbocycles. The Bertz CT molecular complexity index is 515. The number of likely N-dealkylation sites (tertiary alicyclic amines) is 1. The van der Waals surface area contributed by atoms with Crippen LogP contribution in [-0.2, 0) is 4.74 Å². The Labute approximate surface area is 180 Å². The van der Waals surface area contributed by atoms with Crippen molar-refractivity contribution in [2.75, 3.05) is 52.4 Å². The standard InChI is InChI=1S/C19H35N5O2.HI/c1-19(2,3)26-18(25)23-12-13-24-16(15-23)14-21-17(24)20-8-11-22-9-6-4-5-7-10-22;/h16H,4-15H2,1-3H3,(H,20,21);1H. The second kappa shape index (κ2) is 10.1. The summed E-state index contributed by atoms with van der Waals surface area (Å²) in [6.07, 6.45) is 5.20. The predicted molar refractivity (Wildman–Crippen MR) is 119 cm³/mol. The zero-order valence-corrected chi connectivity index (χ0v) is 19.4. The van der Waals surface area contributed by atoms with Crippen LogP contribution in [0.3, 0.4) is 0 Å². The molecule has 3 rings (SSSR count). The van der Waals surface area contributed by atoms with Crippen molar-refractivity contribution in [1.29, 1.82) is 0 Å². The van der Waals surface area contributed by atoms with Gasteiger partial charge in [-0.05, 0) is 46.7 Å². The number of amides is 1. The molecule has 1 amide bonds. The lowest BCUT2D eigenvalue weighted by molar-refractivity contribution is 0.0137. The van der Waals surface area contributed by atoms with Crippen LogP contribution in [0.15, 0.2) is 4.99 Å². The number of carbonyl (C=O) groups is 1. The van der Waals surface area contributed by atoms with Crippen LogP contribution in [0.5, 0.6) is 0 Å². The molecule has 0 bridgehead atoms. The van der Waals surface area contributed by atoms with Gasteiger partial charge in [0.2, 0.25) is 0 Å². The molecule has 1 atom stereocenters. The molecule has 2 saturated heterocycles. The number of aliphatic imine (C=N–C) groups is 1. The third-order valence-electron chi connectivity index (χ3n) is 5.27. The highest BCUT2D eigenvalue weighted by Gasteiger charge is 2.36. The number of nitrogens with zero attached hydrogens (tertiary/aromatic N) is 4. The van der Waals surface area contributed by atoms with Crippen LogP contribution in [0, 0.1) is 0 Å². The molecule has 3 heterocycles. The second-order valence-corrected chi connectivity index (χ2v) is 8.62. The zero-order valence-electron chi connectivity index (χ0n) is 17.1. The first kappa shape index (κ1) is 22.5. The molecule has 3 aliphatic rings. The molecule has 0 saturated carbocycles. The van der Waals surface area contributed by atoms with Gasteiger partial charge in [0, 0.05) is 32.7 Å². The quantitative estimate of drug-likeness (QED) is 0.612. The van der Waals surface area contributed by atoms with Crippen LogP contribution in [0.2, 0.25) is 0 Å². The van der Waals surface area contributed by atoms with E-state index < -0.39 is 5.60 Å². The van der Waals surface area contributed by atoms with Crippen LogP contribution in [0.1, 0.15) is 46.5 Å². The molecule has 156 valence electrons. The molecule has 8 heteroatoms. The maximum Gasteiger partial charge on any atom is 0.410 e. The summed E-state index contributed by atoms with van der Waals surface area (Å²) in [6.45, 7) is 13.2. The van der Waals surface area contributed by atoms with Crippen molar-refractivity contribution in [3.63, 3.8) is 0 Å². The highest BCUT2D eigenvalue weighted by molar-refractivity contribution is 14.0. The largest absolute Gasteiger partial charge is 0.444 e. The van der Waals surface area contributed by atoms with Crippen molar-refractivity contribution >= 4 is 36.0 Å². The Hall–Kier alpha value is -0.770. The lowest BCUT2D eigenvalue weighted by atomic mass is 10.2. The molecule has 7 nitrogen and oxygen atoms in total. The fourth-order valence-corrected chi connectivity index (χ4v) is 3.91. The Morgan fingerprint density at radius 1 is 1.15 bits per heavy atom. The van der Waals surface area contributed by atoms with Gasteiger partial charge in [-0.3, -0.25) is 4.99 Å². The van der Waals surface area contributed by atoms with E-state index in [0.717, 1.165) is 32.1 Å². The van der Waals surface area contributed by atoms with Gasteiger partial charge in [0.05, 0.1) is 12.6 Å².